The maximum absolute atomic E-state index is 3.13. The third-order valence-corrected chi connectivity index (χ3v) is 2.31. The Balaban J connectivity index is 2.24. The molecule has 0 saturated heterocycles. The minimum Gasteiger partial charge on any atom is -0.149 e. The van der Waals surface area contributed by atoms with Crippen molar-refractivity contribution in [2.45, 2.75) is 26.2 Å². The van der Waals surface area contributed by atoms with E-state index in [2.05, 4.69) is 36.3 Å². The molecule has 0 aliphatic carbocycles. The van der Waals surface area contributed by atoms with Crippen LogP contribution < -0.4 is 0 Å². The van der Waals surface area contributed by atoms with E-state index in [0.717, 1.165) is 19.3 Å². The predicted octanol–water partition coefficient (Wildman–Crippen LogP) is 3.09. The maximum Gasteiger partial charge on any atom is 0.0137 e. The summed E-state index contributed by atoms with van der Waals surface area (Å²) in [6.45, 7) is 2.08. The van der Waals surface area contributed by atoms with Gasteiger partial charge in [0.1, 0.15) is 0 Å². The van der Waals surface area contributed by atoms with Crippen LogP contribution in [0.1, 0.15) is 24.6 Å². The lowest BCUT2D eigenvalue weighted by molar-refractivity contribution is 1.05. The van der Waals surface area contributed by atoms with Crippen LogP contribution >= 0.6 is 11.3 Å². The molecule has 1 aromatic rings. The lowest BCUT2D eigenvalue weighted by Gasteiger charge is -1.86. The molecule has 0 aliphatic rings. The van der Waals surface area contributed by atoms with Crippen LogP contribution in [0.15, 0.2) is 17.5 Å². The Hall–Kier alpha value is -0.740. The molecule has 0 nitrogen and oxygen atoms in total. The third kappa shape index (κ3) is 3.25. The summed E-state index contributed by atoms with van der Waals surface area (Å²) in [6, 6.07) is 4.26. The first-order chi connectivity index (χ1) is 5.43. The molecule has 0 bridgehead atoms. The topological polar surface area (TPSA) is 0 Å². The van der Waals surface area contributed by atoms with Crippen molar-refractivity contribution >= 4 is 11.3 Å². The van der Waals surface area contributed by atoms with Crippen molar-refractivity contribution in [1.82, 2.24) is 0 Å². The van der Waals surface area contributed by atoms with Crippen molar-refractivity contribution in [2.24, 2.45) is 0 Å². The molecular weight excluding hydrogens is 152 g/mol. The highest BCUT2D eigenvalue weighted by molar-refractivity contribution is 7.09. The Labute approximate surface area is 72.3 Å². The second kappa shape index (κ2) is 4.98. The van der Waals surface area contributed by atoms with Gasteiger partial charge in [-0.05, 0) is 17.9 Å². The molecule has 0 atom stereocenters. The van der Waals surface area contributed by atoms with Crippen LogP contribution in [0, 0.1) is 11.8 Å². The molecule has 0 saturated carbocycles. The molecule has 0 fully saturated rings. The molecule has 58 valence electrons. The fraction of sp³-hybridized carbons (Fsp3) is 0.400. The molecular formula is C10H12S. The van der Waals surface area contributed by atoms with Gasteiger partial charge in [-0.25, -0.2) is 0 Å². The molecule has 0 radical (unpaired) electrons. The third-order valence-electron chi connectivity index (χ3n) is 1.38. The quantitative estimate of drug-likeness (QED) is 0.589. The van der Waals surface area contributed by atoms with Crippen LogP contribution in [-0.4, -0.2) is 0 Å². The minimum absolute atomic E-state index is 0.977. The van der Waals surface area contributed by atoms with Gasteiger partial charge in [-0.2, -0.15) is 0 Å². The van der Waals surface area contributed by atoms with Gasteiger partial charge in [0.2, 0.25) is 0 Å². The Morgan fingerprint density at radius 2 is 2.36 bits per heavy atom. The monoisotopic (exact) mass is 164 g/mol. The van der Waals surface area contributed by atoms with Crippen molar-refractivity contribution in [3.05, 3.63) is 22.4 Å². The van der Waals surface area contributed by atoms with Gasteiger partial charge in [0.25, 0.3) is 0 Å². The SMILES string of the molecule is CCC#CCCc1cccs1. The first kappa shape index (κ1) is 8.36. The summed E-state index contributed by atoms with van der Waals surface area (Å²) in [5.41, 5.74) is 0. The summed E-state index contributed by atoms with van der Waals surface area (Å²) in [4.78, 5) is 1.44. The van der Waals surface area contributed by atoms with Gasteiger partial charge in [0.05, 0.1) is 0 Å². The molecule has 1 rings (SSSR count). The van der Waals surface area contributed by atoms with E-state index in [-0.39, 0.29) is 0 Å². The van der Waals surface area contributed by atoms with Crippen molar-refractivity contribution in [3.8, 4) is 11.8 Å². The van der Waals surface area contributed by atoms with E-state index in [1.807, 2.05) is 11.3 Å². The highest BCUT2D eigenvalue weighted by Gasteiger charge is 1.89. The van der Waals surface area contributed by atoms with Crippen molar-refractivity contribution in [2.75, 3.05) is 0 Å². The van der Waals surface area contributed by atoms with Crippen LogP contribution in [0.2, 0.25) is 0 Å². The van der Waals surface area contributed by atoms with Gasteiger partial charge < -0.3 is 0 Å². The Morgan fingerprint density at radius 3 is 3.00 bits per heavy atom. The van der Waals surface area contributed by atoms with Gasteiger partial charge in [0.15, 0.2) is 0 Å². The minimum atomic E-state index is 0.977. The Bertz CT molecular complexity index is 236. The summed E-state index contributed by atoms with van der Waals surface area (Å²) >= 11 is 1.81. The van der Waals surface area contributed by atoms with Gasteiger partial charge in [0, 0.05) is 17.7 Å². The number of rotatable bonds is 2. The lowest BCUT2D eigenvalue weighted by atomic mass is 10.2. The van der Waals surface area contributed by atoms with Crippen LogP contribution in [0.5, 0.6) is 0 Å². The highest BCUT2D eigenvalue weighted by atomic mass is 32.1. The first-order valence-corrected chi connectivity index (χ1v) is 4.79. The smallest absolute Gasteiger partial charge is 0.0137 e. The summed E-state index contributed by atoms with van der Waals surface area (Å²) in [5.74, 6) is 6.20. The number of aryl methyl sites for hydroxylation is 1. The van der Waals surface area contributed by atoms with E-state index in [1.165, 1.54) is 4.88 Å². The standard InChI is InChI=1S/C10H12S/c1-2-3-4-5-7-10-8-6-9-11-10/h6,8-9H,2,5,7H2,1H3. The molecule has 1 aromatic heterocycles. The summed E-state index contributed by atoms with van der Waals surface area (Å²) in [7, 11) is 0. The fourth-order valence-electron chi connectivity index (χ4n) is 0.854. The van der Waals surface area contributed by atoms with Crippen molar-refractivity contribution in [3.63, 3.8) is 0 Å². The highest BCUT2D eigenvalue weighted by Crippen LogP contribution is 2.09. The number of thiophene rings is 1. The second-order valence-corrected chi connectivity index (χ2v) is 3.32. The van der Waals surface area contributed by atoms with Gasteiger partial charge >= 0.3 is 0 Å². The second-order valence-electron chi connectivity index (χ2n) is 2.29. The molecule has 0 amide bonds. The van der Waals surface area contributed by atoms with Crippen molar-refractivity contribution < 1.29 is 0 Å². The fourth-order valence-corrected chi connectivity index (χ4v) is 1.56. The molecule has 1 heteroatoms. The molecule has 0 N–H and O–H groups in total. The van der Waals surface area contributed by atoms with E-state index in [1.54, 1.807) is 0 Å². The van der Waals surface area contributed by atoms with Crippen LogP contribution in [0.25, 0.3) is 0 Å². The zero-order valence-corrected chi connectivity index (χ0v) is 7.58. The van der Waals surface area contributed by atoms with Crippen molar-refractivity contribution in [1.29, 1.82) is 0 Å². The van der Waals surface area contributed by atoms with Gasteiger partial charge in [-0.1, -0.05) is 13.0 Å². The van der Waals surface area contributed by atoms with E-state index < -0.39 is 0 Å². The average molecular weight is 164 g/mol. The van der Waals surface area contributed by atoms with Crippen LogP contribution in [-0.2, 0) is 6.42 Å². The van der Waals surface area contributed by atoms with E-state index in [9.17, 15) is 0 Å². The summed E-state index contributed by atoms with van der Waals surface area (Å²) < 4.78 is 0. The summed E-state index contributed by atoms with van der Waals surface area (Å²) in [5, 5.41) is 2.11. The van der Waals surface area contributed by atoms with Crippen LogP contribution in [0.4, 0.5) is 0 Å². The zero-order valence-electron chi connectivity index (χ0n) is 6.76. The molecule has 11 heavy (non-hydrogen) atoms. The molecule has 1 heterocycles. The van der Waals surface area contributed by atoms with E-state index in [0.29, 0.717) is 0 Å². The molecule has 0 unspecified atom stereocenters. The molecule has 0 aliphatic heterocycles. The van der Waals surface area contributed by atoms with Crippen LogP contribution in [0.3, 0.4) is 0 Å². The maximum atomic E-state index is 3.13. The molecule has 0 aromatic carbocycles. The first-order valence-electron chi connectivity index (χ1n) is 3.91. The predicted molar refractivity (Wildman–Crippen MR) is 50.7 cm³/mol. The van der Waals surface area contributed by atoms with Gasteiger partial charge in [-0.15, -0.1) is 23.2 Å². The lowest BCUT2D eigenvalue weighted by Crippen LogP contribution is -1.75. The Morgan fingerprint density at radius 1 is 1.45 bits per heavy atom. The van der Waals surface area contributed by atoms with E-state index in [4.69, 9.17) is 0 Å². The average Bonchev–Trinajstić information content (AvgIpc) is 2.50. The number of hydrogen-bond donors (Lipinski definition) is 0. The normalized spacial score (nSPS) is 8.82. The number of hydrogen-bond acceptors (Lipinski definition) is 1. The van der Waals surface area contributed by atoms with Gasteiger partial charge in [-0.3, -0.25) is 0 Å². The zero-order chi connectivity index (χ0) is 7.94. The Kier molecular flexibility index (Phi) is 3.79. The van der Waals surface area contributed by atoms with E-state index >= 15 is 0 Å². The summed E-state index contributed by atoms with van der Waals surface area (Å²) in [6.07, 6.45) is 3.10. The molecule has 0 spiro atoms. The largest absolute Gasteiger partial charge is 0.149 e.